The van der Waals surface area contributed by atoms with Crippen LogP contribution in [0.25, 0.3) is 11.1 Å². The number of aliphatic hydroxyl groups is 1. The first-order valence-corrected chi connectivity index (χ1v) is 6.49. The summed E-state index contributed by atoms with van der Waals surface area (Å²) in [6, 6.07) is 5.84. The van der Waals surface area contributed by atoms with Crippen LogP contribution in [0.5, 0.6) is 0 Å². The number of benzene rings is 1. The van der Waals surface area contributed by atoms with Crippen LogP contribution in [0, 0.1) is 0 Å². The van der Waals surface area contributed by atoms with Gasteiger partial charge in [-0.3, -0.25) is 4.57 Å². The van der Waals surface area contributed by atoms with Crippen LogP contribution >= 0.6 is 0 Å². The maximum Gasteiger partial charge on any atom is 0.419 e. The first-order chi connectivity index (χ1) is 9.11. The van der Waals surface area contributed by atoms with Crippen molar-refractivity contribution in [2.75, 3.05) is 20.2 Å². The molecule has 0 unspecified atom stereocenters. The molecule has 0 aliphatic carbocycles. The molecule has 0 spiro atoms. The summed E-state index contributed by atoms with van der Waals surface area (Å²) >= 11 is 0. The van der Waals surface area contributed by atoms with E-state index < -0.39 is 0 Å². The fraction of sp³-hybridized carbons (Fsp3) is 0.500. The van der Waals surface area contributed by atoms with Gasteiger partial charge in [0.1, 0.15) is 0 Å². The second kappa shape index (κ2) is 6.04. The van der Waals surface area contributed by atoms with Crippen molar-refractivity contribution < 1.29 is 9.52 Å². The Morgan fingerprint density at radius 2 is 2.16 bits per heavy atom. The molecule has 0 aliphatic rings. The van der Waals surface area contributed by atoms with E-state index in [0.29, 0.717) is 5.58 Å². The Kier molecular flexibility index (Phi) is 4.39. The van der Waals surface area contributed by atoms with Crippen LogP contribution < -0.4 is 5.76 Å². The first-order valence-electron chi connectivity index (χ1n) is 6.49. The molecule has 2 aromatic rings. The number of aromatic nitrogens is 1. The second-order valence-electron chi connectivity index (χ2n) is 4.90. The van der Waals surface area contributed by atoms with Gasteiger partial charge in [-0.1, -0.05) is 6.07 Å². The van der Waals surface area contributed by atoms with Crippen LogP contribution in [0.3, 0.4) is 0 Å². The molecule has 1 N–H and O–H groups in total. The molecule has 5 heteroatoms. The highest BCUT2D eigenvalue weighted by Crippen LogP contribution is 2.15. The zero-order valence-electron chi connectivity index (χ0n) is 11.4. The molecule has 0 bridgehead atoms. The summed E-state index contributed by atoms with van der Waals surface area (Å²) in [6.07, 6.45) is 1.81. The number of hydrogen-bond acceptors (Lipinski definition) is 4. The normalized spacial score (nSPS) is 11.6. The number of hydrogen-bond donors (Lipinski definition) is 1. The number of fused-ring (bicyclic) bond motifs is 1. The van der Waals surface area contributed by atoms with E-state index in [4.69, 9.17) is 9.52 Å². The van der Waals surface area contributed by atoms with E-state index in [1.807, 2.05) is 25.2 Å². The fourth-order valence-corrected chi connectivity index (χ4v) is 2.16. The molecule has 0 saturated heterocycles. The second-order valence-corrected chi connectivity index (χ2v) is 4.90. The van der Waals surface area contributed by atoms with E-state index in [1.54, 1.807) is 7.05 Å². The Morgan fingerprint density at radius 1 is 1.37 bits per heavy atom. The van der Waals surface area contributed by atoms with Gasteiger partial charge in [-0.2, -0.15) is 0 Å². The summed E-state index contributed by atoms with van der Waals surface area (Å²) in [5, 5.41) is 8.75. The first kappa shape index (κ1) is 13.8. The lowest BCUT2D eigenvalue weighted by molar-refractivity contribution is 0.261. The molecule has 104 valence electrons. The highest BCUT2D eigenvalue weighted by Gasteiger charge is 2.07. The average molecular weight is 264 g/mol. The molecule has 19 heavy (non-hydrogen) atoms. The van der Waals surface area contributed by atoms with Gasteiger partial charge in [-0.25, -0.2) is 4.79 Å². The minimum absolute atomic E-state index is 0.245. The Labute approximate surface area is 112 Å². The van der Waals surface area contributed by atoms with Crippen molar-refractivity contribution in [3.8, 4) is 0 Å². The molecule has 0 aliphatic heterocycles. The maximum absolute atomic E-state index is 11.4. The average Bonchev–Trinajstić information content (AvgIpc) is 2.65. The van der Waals surface area contributed by atoms with E-state index >= 15 is 0 Å². The van der Waals surface area contributed by atoms with Crippen LogP contribution in [0.15, 0.2) is 27.4 Å². The van der Waals surface area contributed by atoms with E-state index in [2.05, 4.69) is 4.90 Å². The van der Waals surface area contributed by atoms with E-state index in [0.717, 1.165) is 37.0 Å². The van der Waals surface area contributed by atoms with E-state index in [1.165, 1.54) is 4.57 Å². The summed E-state index contributed by atoms with van der Waals surface area (Å²) in [4.78, 5) is 13.6. The lowest BCUT2D eigenvalue weighted by atomic mass is 10.2. The van der Waals surface area contributed by atoms with Gasteiger partial charge in [0.05, 0.1) is 5.52 Å². The zero-order valence-corrected chi connectivity index (χ0v) is 11.4. The van der Waals surface area contributed by atoms with Crippen LogP contribution in [-0.2, 0) is 13.6 Å². The van der Waals surface area contributed by atoms with Crippen molar-refractivity contribution in [3.05, 3.63) is 34.3 Å². The van der Waals surface area contributed by atoms with Gasteiger partial charge in [-0.05, 0) is 44.1 Å². The van der Waals surface area contributed by atoms with Crippen LogP contribution in [0.2, 0.25) is 0 Å². The molecular weight excluding hydrogens is 244 g/mol. The van der Waals surface area contributed by atoms with Crippen molar-refractivity contribution in [1.29, 1.82) is 0 Å². The largest absolute Gasteiger partial charge is 0.419 e. The highest BCUT2D eigenvalue weighted by atomic mass is 16.4. The van der Waals surface area contributed by atoms with Gasteiger partial charge in [0, 0.05) is 20.2 Å². The Hall–Kier alpha value is -1.59. The van der Waals surface area contributed by atoms with Gasteiger partial charge in [0.2, 0.25) is 0 Å². The van der Waals surface area contributed by atoms with Crippen molar-refractivity contribution >= 4 is 11.1 Å². The van der Waals surface area contributed by atoms with Gasteiger partial charge in [0.15, 0.2) is 5.58 Å². The molecular formula is C14H20N2O3. The lowest BCUT2D eigenvalue weighted by Gasteiger charge is -2.16. The van der Waals surface area contributed by atoms with E-state index in [9.17, 15) is 4.79 Å². The van der Waals surface area contributed by atoms with Crippen molar-refractivity contribution in [1.82, 2.24) is 9.47 Å². The number of unbranched alkanes of at least 4 members (excludes halogenated alkanes) is 1. The molecule has 0 radical (unpaired) electrons. The third kappa shape index (κ3) is 3.24. The maximum atomic E-state index is 11.4. The van der Waals surface area contributed by atoms with Crippen LogP contribution in [0.1, 0.15) is 18.4 Å². The van der Waals surface area contributed by atoms with Gasteiger partial charge in [0.25, 0.3) is 0 Å². The predicted octanol–water partition coefficient (Wildman–Crippen LogP) is 1.34. The molecule has 0 atom stereocenters. The van der Waals surface area contributed by atoms with Crippen molar-refractivity contribution in [2.45, 2.75) is 19.4 Å². The molecule has 1 aromatic heterocycles. The molecule has 0 fully saturated rings. The topological polar surface area (TPSA) is 58.6 Å². The number of aliphatic hydroxyl groups excluding tert-OH is 1. The molecule has 2 rings (SSSR count). The number of rotatable bonds is 6. The Bertz CT molecular complexity index is 600. The quantitative estimate of drug-likeness (QED) is 0.800. The smallest absolute Gasteiger partial charge is 0.408 e. The highest BCUT2D eigenvalue weighted by molar-refractivity contribution is 5.73. The predicted molar refractivity (Wildman–Crippen MR) is 74.1 cm³/mol. The third-order valence-corrected chi connectivity index (χ3v) is 3.26. The van der Waals surface area contributed by atoms with E-state index in [-0.39, 0.29) is 12.4 Å². The van der Waals surface area contributed by atoms with Crippen LogP contribution in [0.4, 0.5) is 0 Å². The summed E-state index contributed by atoms with van der Waals surface area (Å²) in [7, 11) is 3.75. The zero-order chi connectivity index (χ0) is 13.8. The number of nitrogens with zero attached hydrogens (tertiary/aromatic N) is 2. The Balaban J connectivity index is 2.07. The standard InChI is InChI=1S/C14H20N2O3/c1-15(7-3-4-8-17)10-11-5-6-12-13(9-11)19-14(18)16(12)2/h5-6,9,17H,3-4,7-8,10H2,1-2H3. The van der Waals surface area contributed by atoms with Crippen molar-refractivity contribution in [2.24, 2.45) is 7.05 Å². The molecule has 1 heterocycles. The fourth-order valence-electron chi connectivity index (χ4n) is 2.16. The van der Waals surface area contributed by atoms with Gasteiger partial charge in [-0.15, -0.1) is 0 Å². The molecule has 0 amide bonds. The number of aryl methyl sites for hydroxylation is 1. The van der Waals surface area contributed by atoms with Gasteiger partial charge >= 0.3 is 5.76 Å². The summed E-state index contributed by atoms with van der Waals surface area (Å²) < 4.78 is 6.68. The minimum Gasteiger partial charge on any atom is -0.408 e. The lowest BCUT2D eigenvalue weighted by Crippen LogP contribution is -2.19. The minimum atomic E-state index is -0.330. The number of oxazole rings is 1. The molecule has 5 nitrogen and oxygen atoms in total. The van der Waals surface area contributed by atoms with Crippen LogP contribution in [-0.4, -0.2) is 34.8 Å². The Morgan fingerprint density at radius 3 is 2.89 bits per heavy atom. The van der Waals surface area contributed by atoms with Crippen molar-refractivity contribution in [3.63, 3.8) is 0 Å². The monoisotopic (exact) mass is 264 g/mol. The summed E-state index contributed by atoms with van der Waals surface area (Å²) in [5.74, 6) is -0.330. The molecule has 1 aromatic carbocycles. The SMILES string of the molecule is CN(CCCCO)Cc1ccc2c(c1)oc(=O)n2C. The molecule has 0 saturated carbocycles. The summed E-state index contributed by atoms with van der Waals surface area (Å²) in [5.41, 5.74) is 2.57. The van der Waals surface area contributed by atoms with Gasteiger partial charge < -0.3 is 14.4 Å². The summed E-state index contributed by atoms with van der Waals surface area (Å²) in [6.45, 7) is 1.99. The third-order valence-electron chi connectivity index (χ3n) is 3.26.